The van der Waals surface area contributed by atoms with Crippen LogP contribution in [0.15, 0.2) is 0 Å². The van der Waals surface area contributed by atoms with E-state index in [0.29, 0.717) is 0 Å². The average molecular weight is 90.1 g/mol. The van der Waals surface area contributed by atoms with Gasteiger partial charge in [-0.25, -0.2) is 10.5 Å². The quantitative estimate of drug-likeness (QED) is 0.235. The molecule has 0 atom stereocenters. The van der Waals surface area contributed by atoms with E-state index in [2.05, 4.69) is 5.04 Å². The van der Waals surface area contributed by atoms with Crippen LogP contribution in [0.2, 0.25) is 0 Å². The van der Waals surface area contributed by atoms with Gasteiger partial charge in [-0.15, -0.1) is 0 Å². The fraction of sp³-hybridized carbons (Fsp3) is 0. The maximum atomic E-state index is 6.62. The van der Waals surface area contributed by atoms with Crippen LogP contribution < -0.4 is 0 Å². The van der Waals surface area contributed by atoms with E-state index in [-0.39, 0.29) is 51.4 Å². The van der Waals surface area contributed by atoms with Gasteiger partial charge in [-0.05, 0) is 0 Å². The molecule has 0 spiro atoms. The molecular formula is H3KO3. The third-order valence-electron chi connectivity index (χ3n) is 0. The van der Waals surface area contributed by atoms with Crippen molar-refractivity contribution in [2.75, 3.05) is 0 Å². The van der Waals surface area contributed by atoms with Crippen molar-refractivity contribution in [3.63, 3.8) is 0 Å². The van der Waals surface area contributed by atoms with E-state index in [1.165, 1.54) is 0 Å². The van der Waals surface area contributed by atoms with Crippen LogP contribution in [-0.2, 0) is 5.04 Å². The Kier molecular flexibility index (Phi) is 20.1. The van der Waals surface area contributed by atoms with Crippen LogP contribution in [0.25, 0.3) is 0 Å². The molecule has 0 bridgehead atoms. The summed E-state index contributed by atoms with van der Waals surface area (Å²) in [5.74, 6) is 0. The Labute approximate surface area is 65.9 Å². The Morgan fingerprint density at radius 3 is 1.25 bits per heavy atom. The molecule has 0 unspecified atom stereocenters. The van der Waals surface area contributed by atoms with Gasteiger partial charge in [0.2, 0.25) is 0 Å². The van der Waals surface area contributed by atoms with Crippen molar-refractivity contribution in [3.05, 3.63) is 0 Å². The second kappa shape index (κ2) is 8.82. The van der Waals surface area contributed by atoms with Gasteiger partial charge in [0, 0.05) is 0 Å². The van der Waals surface area contributed by atoms with Gasteiger partial charge in [0.05, 0.1) is 0 Å². The van der Waals surface area contributed by atoms with Crippen LogP contribution in [-0.4, -0.2) is 61.9 Å². The van der Waals surface area contributed by atoms with Crippen molar-refractivity contribution in [3.8, 4) is 0 Å². The van der Waals surface area contributed by atoms with Gasteiger partial charge >= 0.3 is 51.4 Å². The Morgan fingerprint density at radius 1 is 1.25 bits per heavy atom. The summed E-state index contributed by atoms with van der Waals surface area (Å²) in [6.07, 6.45) is 0. The van der Waals surface area contributed by atoms with E-state index in [0.717, 1.165) is 0 Å². The van der Waals surface area contributed by atoms with Crippen LogP contribution in [0, 0.1) is 0 Å². The van der Waals surface area contributed by atoms with Gasteiger partial charge in [-0.3, -0.25) is 0 Å². The molecule has 0 heterocycles. The summed E-state index contributed by atoms with van der Waals surface area (Å²) in [7, 11) is 0. The molecule has 2 N–H and O–H groups in total. The third-order valence-corrected chi connectivity index (χ3v) is 0. The van der Waals surface area contributed by atoms with Crippen LogP contribution >= 0.6 is 0 Å². The summed E-state index contributed by atoms with van der Waals surface area (Å²) in [6.45, 7) is 0. The first-order chi connectivity index (χ1) is 1.41. The predicted octanol–water partition coefficient (Wildman–Crippen LogP) is -0.700. The van der Waals surface area contributed by atoms with Crippen LogP contribution in [0.3, 0.4) is 0 Å². The molecule has 0 fully saturated rings. The minimum absolute atomic E-state index is 0. The van der Waals surface area contributed by atoms with Crippen molar-refractivity contribution < 1.29 is 15.6 Å². The molecule has 0 aromatic carbocycles. The first-order valence-electron chi connectivity index (χ1n) is 0.365. The molecule has 0 amide bonds. The van der Waals surface area contributed by atoms with E-state index < -0.39 is 0 Å². The molecule has 3 nitrogen and oxygen atoms in total. The average Bonchev–Trinajstić information content (AvgIpc) is 0.918. The van der Waals surface area contributed by atoms with Crippen molar-refractivity contribution in [1.29, 1.82) is 0 Å². The Hall–Kier alpha value is 1.52. The summed E-state index contributed by atoms with van der Waals surface area (Å²) in [5, 5.41) is 15.5. The predicted molar refractivity (Wildman–Crippen MR) is 13.5 cm³/mol. The molecule has 0 radical (unpaired) electrons. The van der Waals surface area contributed by atoms with Gasteiger partial charge < -0.3 is 0 Å². The summed E-state index contributed by atoms with van der Waals surface area (Å²) in [4.78, 5) is 0. The molecule has 0 aromatic heterocycles. The van der Waals surface area contributed by atoms with Gasteiger partial charge in [-0.2, -0.15) is 0 Å². The normalized spacial score (nSPS) is 4.50. The van der Waals surface area contributed by atoms with Crippen molar-refractivity contribution in [2.45, 2.75) is 0 Å². The first kappa shape index (κ1) is 9.10. The van der Waals surface area contributed by atoms with Gasteiger partial charge in [0.1, 0.15) is 0 Å². The van der Waals surface area contributed by atoms with Crippen LogP contribution in [0.1, 0.15) is 0 Å². The van der Waals surface area contributed by atoms with E-state index >= 15 is 0 Å². The maximum absolute atomic E-state index is 6.62. The first-order valence-corrected chi connectivity index (χ1v) is 0.365. The molecule has 22 valence electrons. The molecule has 0 aliphatic carbocycles. The summed E-state index contributed by atoms with van der Waals surface area (Å²) in [6, 6.07) is 0. The Morgan fingerprint density at radius 2 is 1.25 bits per heavy atom. The molecule has 0 aromatic rings. The van der Waals surface area contributed by atoms with Crippen LogP contribution in [0.4, 0.5) is 0 Å². The fourth-order valence-electron chi connectivity index (χ4n) is 0. The topological polar surface area (TPSA) is 49.7 Å². The Bertz CT molecular complexity index is 3.25. The molecule has 0 saturated heterocycles. The summed E-state index contributed by atoms with van der Waals surface area (Å²) >= 11 is 0. The number of hydrogen-bond donors (Lipinski definition) is 2. The third kappa shape index (κ3) is 9.68. The summed E-state index contributed by atoms with van der Waals surface area (Å²) < 4.78 is 0. The van der Waals surface area contributed by atoms with Gasteiger partial charge in [-0.1, -0.05) is 5.04 Å². The number of hydrogen-bond acceptors (Lipinski definition) is 3. The van der Waals surface area contributed by atoms with Crippen molar-refractivity contribution in [1.82, 2.24) is 0 Å². The SMILES string of the molecule is OOO.[KH]. The van der Waals surface area contributed by atoms with Gasteiger partial charge in [0.25, 0.3) is 0 Å². The standard InChI is InChI=1S/K.H2O3.H/c;1-3-2;/h;1-2H;. The minimum atomic E-state index is 0. The molecule has 0 aliphatic heterocycles. The zero-order valence-corrected chi connectivity index (χ0v) is 1.30. The van der Waals surface area contributed by atoms with Gasteiger partial charge in [0.15, 0.2) is 0 Å². The summed E-state index contributed by atoms with van der Waals surface area (Å²) in [5.41, 5.74) is 0. The van der Waals surface area contributed by atoms with E-state index in [1.54, 1.807) is 0 Å². The second-order valence-corrected chi connectivity index (χ2v) is 0.0816. The molecule has 0 rings (SSSR count). The molecule has 4 heteroatoms. The van der Waals surface area contributed by atoms with Crippen molar-refractivity contribution >= 4 is 51.4 Å². The van der Waals surface area contributed by atoms with E-state index in [9.17, 15) is 0 Å². The molecule has 0 aliphatic rings. The molecular weight excluding hydrogens is 87.1 g/mol. The second-order valence-electron chi connectivity index (χ2n) is 0.0816. The van der Waals surface area contributed by atoms with Crippen molar-refractivity contribution in [2.24, 2.45) is 0 Å². The molecule has 4 heavy (non-hydrogen) atoms. The number of rotatable bonds is 0. The zero-order valence-electron chi connectivity index (χ0n) is 1.30. The fourth-order valence-corrected chi connectivity index (χ4v) is 0. The van der Waals surface area contributed by atoms with E-state index in [1.807, 2.05) is 0 Å². The monoisotopic (exact) mass is 90.0 g/mol. The van der Waals surface area contributed by atoms with Crippen LogP contribution in [0.5, 0.6) is 0 Å². The van der Waals surface area contributed by atoms with E-state index in [4.69, 9.17) is 10.5 Å². The molecule has 0 saturated carbocycles. The Balaban J connectivity index is 0. The zero-order chi connectivity index (χ0) is 2.71.